The molecule has 0 radical (unpaired) electrons. The van der Waals surface area contributed by atoms with E-state index >= 15 is 0 Å². The zero-order valence-electron chi connectivity index (χ0n) is 10.3. The first-order valence-corrected chi connectivity index (χ1v) is 6.26. The summed E-state index contributed by atoms with van der Waals surface area (Å²) in [7, 11) is 0. The van der Waals surface area contributed by atoms with Gasteiger partial charge in [0.25, 0.3) is 0 Å². The fourth-order valence-electron chi connectivity index (χ4n) is 2.04. The minimum Gasteiger partial charge on any atom is -0.382 e. The number of hydrogen-bond acceptors (Lipinski definition) is 3. The maximum Gasteiger partial charge on any atom is 0.155 e. The number of halogens is 2. The summed E-state index contributed by atoms with van der Waals surface area (Å²) in [4.78, 5) is 4.22. The van der Waals surface area contributed by atoms with Gasteiger partial charge in [-0.15, -0.1) is 0 Å². The molecule has 0 aliphatic carbocycles. The van der Waals surface area contributed by atoms with Crippen molar-refractivity contribution in [2.75, 3.05) is 5.73 Å². The average molecular weight is 289 g/mol. The lowest BCUT2D eigenvalue weighted by Crippen LogP contribution is -1.92. The van der Waals surface area contributed by atoms with Crippen molar-refractivity contribution in [2.45, 2.75) is 0 Å². The van der Waals surface area contributed by atoms with E-state index in [-0.39, 0.29) is 16.4 Å². The summed E-state index contributed by atoms with van der Waals surface area (Å²) < 4.78 is 14.0. The highest BCUT2D eigenvalue weighted by Crippen LogP contribution is 2.38. The highest BCUT2D eigenvalue weighted by atomic mass is 35.5. The van der Waals surface area contributed by atoms with Crippen LogP contribution < -0.4 is 5.73 Å². The molecular formula is C14H10ClFN4. The van der Waals surface area contributed by atoms with Gasteiger partial charge in [-0.05, 0) is 24.3 Å². The molecule has 100 valence electrons. The summed E-state index contributed by atoms with van der Waals surface area (Å²) in [5.74, 6) is -0.198. The van der Waals surface area contributed by atoms with E-state index in [2.05, 4.69) is 15.2 Å². The predicted octanol–water partition coefficient (Wildman–Crippen LogP) is 3.51. The topological polar surface area (TPSA) is 67.6 Å². The molecule has 0 fully saturated rings. The van der Waals surface area contributed by atoms with Gasteiger partial charge in [-0.25, -0.2) is 4.39 Å². The number of nitrogen functional groups attached to an aromatic ring is 1. The third-order valence-electron chi connectivity index (χ3n) is 2.93. The molecule has 0 aliphatic heterocycles. The summed E-state index contributed by atoms with van der Waals surface area (Å²) >= 11 is 6.08. The Morgan fingerprint density at radius 2 is 1.95 bits per heavy atom. The Balaban J connectivity index is 2.27. The molecule has 0 saturated heterocycles. The van der Waals surface area contributed by atoms with Crippen molar-refractivity contribution in [3.05, 3.63) is 53.4 Å². The van der Waals surface area contributed by atoms with E-state index in [9.17, 15) is 4.39 Å². The molecule has 6 heteroatoms. The van der Waals surface area contributed by atoms with Crippen LogP contribution >= 0.6 is 11.6 Å². The van der Waals surface area contributed by atoms with Gasteiger partial charge in [-0.2, -0.15) is 5.10 Å². The average Bonchev–Trinajstić information content (AvgIpc) is 2.81. The summed E-state index contributed by atoms with van der Waals surface area (Å²) in [5, 5.41) is 6.95. The quantitative estimate of drug-likeness (QED) is 0.758. The van der Waals surface area contributed by atoms with Crippen molar-refractivity contribution in [1.82, 2.24) is 15.2 Å². The molecule has 0 atom stereocenters. The Hall–Kier alpha value is -2.40. The second-order valence-electron chi connectivity index (χ2n) is 4.17. The van der Waals surface area contributed by atoms with Crippen molar-refractivity contribution in [1.29, 1.82) is 0 Å². The van der Waals surface area contributed by atoms with Crippen molar-refractivity contribution < 1.29 is 4.39 Å². The molecule has 0 aliphatic rings. The normalized spacial score (nSPS) is 10.7. The van der Waals surface area contributed by atoms with Gasteiger partial charge in [0.2, 0.25) is 0 Å². The number of nitrogens with zero attached hydrogens (tertiary/aromatic N) is 2. The molecule has 0 bridgehead atoms. The second-order valence-corrected chi connectivity index (χ2v) is 4.58. The van der Waals surface area contributed by atoms with E-state index in [0.717, 1.165) is 0 Å². The van der Waals surface area contributed by atoms with E-state index in [1.807, 2.05) is 6.07 Å². The highest BCUT2D eigenvalue weighted by Gasteiger charge is 2.20. The van der Waals surface area contributed by atoms with Crippen LogP contribution in [-0.4, -0.2) is 15.2 Å². The summed E-state index contributed by atoms with van der Waals surface area (Å²) in [6.07, 6.45) is 1.63. The maximum absolute atomic E-state index is 14.0. The number of hydrogen-bond donors (Lipinski definition) is 2. The molecule has 0 unspecified atom stereocenters. The maximum atomic E-state index is 14.0. The molecule has 2 aromatic heterocycles. The molecule has 1 aromatic carbocycles. The first-order chi connectivity index (χ1) is 9.68. The van der Waals surface area contributed by atoms with E-state index in [4.69, 9.17) is 17.3 Å². The number of aromatic nitrogens is 3. The highest BCUT2D eigenvalue weighted by molar-refractivity contribution is 6.33. The molecular weight excluding hydrogens is 279 g/mol. The molecule has 0 saturated carbocycles. The van der Waals surface area contributed by atoms with Crippen molar-refractivity contribution in [3.63, 3.8) is 0 Å². The molecule has 4 nitrogen and oxygen atoms in total. The Kier molecular flexibility index (Phi) is 3.12. The number of anilines is 1. The van der Waals surface area contributed by atoms with Crippen molar-refractivity contribution in [2.24, 2.45) is 0 Å². The molecule has 0 spiro atoms. The van der Waals surface area contributed by atoms with E-state index in [1.165, 1.54) is 6.07 Å². The van der Waals surface area contributed by atoms with E-state index in [0.29, 0.717) is 17.0 Å². The van der Waals surface area contributed by atoms with Crippen LogP contribution in [0.25, 0.3) is 22.5 Å². The van der Waals surface area contributed by atoms with Gasteiger partial charge in [0.1, 0.15) is 5.82 Å². The van der Waals surface area contributed by atoms with Crippen LogP contribution in [0.3, 0.4) is 0 Å². The van der Waals surface area contributed by atoms with Gasteiger partial charge in [0, 0.05) is 6.20 Å². The minimum absolute atomic E-state index is 0.235. The molecule has 2 heterocycles. The molecule has 3 rings (SSSR count). The number of H-pyrrole nitrogens is 1. The number of nitrogens with one attached hydrogen (secondary N) is 1. The lowest BCUT2D eigenvalue weighted by atomic mass is 10.0. The monoisotopic (exact) mass is 288 g/mol. The van der Waals surface area contributed by atoms with Gasteiger partial charge >= 0.3 is 0 Å². The second kappa shape index (κ2) is 4.94. The fourth-order valence-corrected chi connectivity index (χ4v) is 2.30. The van der Waals surface area contributed by atoms with Crippen LogP contribution in [0.1, 0.15) is 0 Å². The smallest absolute Gasteiger partial charge is 0.155 e. The van der Waals surface area contributed by atoms with Crippen molar-refractivity contribution >= 4 is 17.4 Å². The first-order valence-electron chi connectivity index (χ1n) is 5.88. The van der Waals surface area contributed by atoms with Crippen LogP contribution in [0.5, 0.6) is 0 Å². The fraction of sp³-hybridized carbons (Fsp3) is 0. The van der Waals surface area contributed by atoms with Crippen LogP contribution in [0, 0.1) is 5.82 Å². The lowest BCUT2D eigenvalue weighted by molar-refractivity contribution is 0.631. The summed E-state index contributed by atoms with van der Waals surface area (Å²) in [6, 6.07) is 9.87. The van der Waals surface area contributed by atoms with Crippen LogP contribution in [-0.2, 0) is 0 Å². The summed E-state index contributed by atoms with van der Waals surface area (Å²) in [6.45, 7) is 0. The predicted molar refractivity (Wildman–Crippen MR) is 76.6 cm³/mol. The number of nitrogens with two attached hydrogens (primary N) is 1. The van der Waals surface area contributed by atoms with E-state index < -0.39 is 5.82 Å². The third-order valence-corrected chi connectivity index (χ3v) is 3.24. The van der Waals surface area contributed by atoms with Gasteiger partial charge < -0.3 is 5.73 Å². The summed E-state index contributed by atoms with van der Waals surface area (Å²) in [5.41, 5.74) is 7.66. The van der Waals surface area contributed by atoms with Gasteiger partial charge in [-0.3, -0.25) is 10.1 Å². The molecule has 3 N–H and O–H groups in total. The molecule has 20 heavy (non-hydrogen) atoms. The standard InChI is InChI=1S/C14H10ClFN4/c15-8-4-3-5-9(16)11(8)13-12(14(17)20-19-13)10-6-1-2-7-18-10/h1-7H,(H3,17,19,20). The van der Waals surface area contributed by atoms with Gasteiger partial charge in [0.15, 0.2) is 5.82 Å². The number of benzene rings is 1. The Bertz CT molecular complexity index is 735. The number of aromatic amines is 1. The molecule has 3 aromatic rings. The van der Waals surface area contributed by atoms with Crippen LogP contribution in [0.15, 0.2) is 42.6 Å². The Morgan fingerprint density at radius 3 is 2.65 bits per heavy atom. The lowest BCUT2D eigenvalue weighted by Gasteiger charge is -2.07. The SMILES string of the molecule is Nc1n[nH]c(-c2c(F)cccc2Cl)c1-c1ccccn1. The van der Waals surface area contributed by atoms with Crippen molar-refractivity contribution in [3.8, 4) is 22.5 Å². The van der Waals surface area contributed by atoms with Crippen LogP contribution in [0.4, 0.5) is 10.2 Å². The molecule has 0 amide bonds. The largest absolute Gasteiger partial charge is 0.382 e. The third kappa shape index (κ3) is 2.02. The Labute approximate surface area is 119 Å². The number of pyridine rings is 1. The van der Waals surface area contributed by atoms with Crippen LogP contribution in [0.2, 0.25) is 5.02 Å². The first kappa shape index (κ1) is 12.6. The Morgan fingerprint density at radius 1 is 1.10 bits per heavy atom. The zero-order chi connectivity index (χ0) is 14.1. The van der Waals surface area contributed by atoms with Gasteiger partial charge in [0.05, 0.1) is 27.5 Å². The van der Waals surface area contributed by atoms with E-state index in [1.54, 1.807) is 30.5 Å². The number of rotatable bonds is 2. The minimum atomic E-state index is -0.446. The zero-order valence-corrected chi connectivity index (χ0v) is 11.0. The van der Waals surface area contributed by atoms with Gasteiger partial charge in [-0.1, -0.05) is 23.7 Å².